The van der Waals surface area contributed by atoms with Crippen LogP contribution in [0, 0.1) is 0 Å². The summed E-state index contributed by atoms with van der Waals surface area (Å²) in [6.07, 6.45) is 0. The summed E-state index contributed by atoms with van der Waals surface area (Å²) in [6.45, 7) is 0. The smallest absolute Gasteiger partial charge is 0.134 e. The molecule has 18 heavy (non-hydrogen) atoms. The molecule has 0 saturated carbocycles. The van der Waals surface area contributed by atoms with Crippen LogP contribution in [0.4, 0.5) is 0 Å². The van der Waals surface area contributed by atoms with Gasteiger partial charge in [0.15, 0.2) is 0 Å². The summed E-state index contributed by atoms with van der Waals surface area (Å²) in [5.74, 6) is 0.910. The Labute approximate surface area is 114 Å². The highest BCUT2D eigenvalue weighted by Crippen LogP contribution is 2.30. The highest BCUT2D eigenvalue weighted by Gasteiger charge is 2.17. The molecule has 4 heteroatoms. The lowest BCUT2D eigenvalue weighted by molar-refractivity contribution is 0.492. The molecule has 3 rings (SSSR count). The second-order valence-electron chi connectivity index (χ2n) is 4.11. The van der Waals surface area contributed by atoms with Gasteiger partial charge in [0.1, 0.15) is 11.3 Å². The van der Waals surface area contributed by atoms with Crippen LogP contribution < -0.4 is 5.32 Å². The average Bonchev–Trinajstić information content (AvgIpc) is 2.98. The Balaban J connectivity index is 2.07. The maximum atomic E-state index is 5.99. The first-order valence-corrected chi connectivity index (χ1v) is 6.98. The van der Waals surface area contributed by atoms with Crippen LogP contribution in [0.1, 0.15) is 17.4 Å². The Hall–Kier alpha value is -1.29. The second-order valence-corrected chi connectivity index (χ2v) is 5.33. The zero-order chi connectivity index (χ0) is 12.5. The molecule has 2 heterocycles. The molecule has 0 radical (unpaired) electrons. The molecule has 0 saturated heterocycles. The Bertz CT molecular complexity index is 660. The van der Waals surface area contributed by atoms with E-state index in [1.807, 2.05) is 31.3 Å². The maximum absolute atomic E-state index is 5.99. The lowest BCUT2D eigenvalue weighted by Gasteiger charge is -2.11. The summed E-state index contributed by atoms with van der Waals surface area (Å²) in [4.78, 5) is 0. The molecule has 0 aliphatic rings. The third-order valence-corrected chi connectivity index (χ3v) is 3.88. The first kappa shape index (κ1) is 11.8. The van der Waals surface area contributed by atoms with Crippen molar-refractivity contribution in [1.82, 2.24) is 5.32 Å². The number of benzene rings is 1. The van der Waals surface area contributed by atoms with Crippen molar-refractivity contribution in [3.63, 3.8) is 0 Å². The van der Waals surface area contributed by atoms with Gasteiger partial charge >= 0.3 is 0 Å². The summed E-state index contributed by atoms with van der Waals surface area (Å²) in [7, 11) is 1.93. The molecule has 0 amide bonds. The first-order chi connectivity index (χ1) is 8.78. The third kappa shape index (κ3) is 2.05. The van der Waals surface area contributed by atoms with Gasteiger partial charge in [0, 0.05) is 10.4 Å². The van der Waals surface area contributed by atoms with Gasteiger partial charge in [-0.15, -0.1) is 0 Å². The monoisotopic (exact) mass is 277 g/mol. The quantitative estimate of drug-likeness (QED) is 0.765. The average molecular weight is 278 g/mol. The molecule has 0 aliphatic carbocycles. The number of hydrogen-bond donors (Lipinski definition) is 1. The zero-order valence-electron chi connectivity index (χ0n) is 9.81. The molecule has 2 aromatic heterocycles. The number of fused-ring (bicyclic) bond motifs is 1. The lowest BCUT2D eigenvalue weighted by Crippen LogP contribution is -2.16. The summed E-state index contributed by atoms with van der Waals surface area (Å²) in [6, 6.07) is 9.90. The predicted molar refractivity (Wildman–Crippen MR) is 76.4 cm³/mol. The van der Waals surface area contributed by atoms with Gasteiger partial charge in [-0.3, -0.25) is 0 Å². The highest BCUT2D eigenvalue weighted by atomic mass is 35.5. The molecular weight excluding hydrogens is 266 g/mol. The molecular formula is C14H12ClNOS. The summed E-state index contributed by atoms with van der Waals surface area (Å²) in [5.41, 5.74) is 2.08. The molecule has 0 bridgehead atoms. The van der Waals surface area contributed by atoms with Gasteiger partial charge in [-0.05, 0) is 53.7 Å². The van der Waals surface area contributed by atoms with Gasteiger partial charge in [0.25, 0.3) is 0 Å². The van der Waals surface area contributed by atoms with Crippen molar-refractivity contribution in [3.8, 4) is 0 Å². The SMILES string of the molecule is CNC(c1ccsc1)c1cc2cc(Cl)ccc2o1. The first-order valence-electron chi connectivity index (χ1n) is 5.66. The molecule has 0 spiro atoms. The summed E-state index contributed by atoms with van der Waals surface area (Å²) >= 11 is 7.67. The fraction of sp³-hybridized carbons (Fsp3) is 0.143. The van der Waals surface area contributed by atoms with Crippen molar-refractivity contribution in [3.05, 3.63) is 57.4 Å². The van der Waals surface area contributed by atoms with E-state index in [0.29, 0.717) is 0 Å². The standard InChI is InChI=1S/C14H12ClNOS/c1-16-14(9-4-5-18-8-9)13-7-10-6-11(15)2-3-12(10)17-13/h2-8,14,16H,1H3. The van der Waals surface area contributed by atoms with Crippen molar-refractivity contribution < 1.29 is 4.42 Å². The van der Waals surface area contributed by atoms with E-state index in [2.05, 4.69) is 22.1 Å². The Morgan fingerprint density at radius 1 is 1.28 bits per heavy atom. The van der Waals surface area contributed by atoms with Crippen LogP contribution in [-0.2, 0) is 0 Å². The lowest BCUT2D eigenvalue weighted by atomic mass is 10.1. The van der Waals surface area contributed by atoms with Crippen molar-refractivity contribution in [1.29, 1.82) is 0 Å². The van der Waals surface area contributed by atoms with Crippen molar-refractivity contribution in [2.45, 2.75) is 6.04 Å². The van der Waals surface area contributed by atoms with E-state index in [1.165, 1.54) is 5.56 Å². The molecule has 1 atom stereocenters. The summed E-state index contributed by atoms with van der Waals surface area (Å²) < 4.78 is 5.88. The highest BCUT2D eigenvalue weighted by molar-refractivity contribution is 7.08. The van der Waals surface area contributed by atoms with Crippen molar-refractivity contribution in [2.75, 3.05) is 7.05 Å². The summed E-state index contributed by atoms with van der Waals surface area (Å²) in [5, 5.41) is 9.23. The molecule has 1 aromatic carbocycles. The van der Waals surface area contributed by atoms with E-state index < -0.39 is 0 Å². The third-order valence-electron chi connectivity index (χ3n) is 2.95. The van der Waals surface area contributed by atoms with Crippen LogP contribution in [0.5, 0.6) is 0 Å². The number of hydrogen-bond acceptors (Lipinski definition) is 3. The molecule has 0 aliphatic heterocycles. The predicted octanol–water partition coefficient (Wildman–Crippen LogP) is 4.46. The molecule has 3 aromatic rings. The van der Waals surface area contributed by atoms with Crippen LogP contribution in [-0.4, -0.2) is 7.05 Å². The van der Waals surface area contributed by atoms with Crippen LogP contribution in [0.2, 0.25) is 5.02 Å². The van der Waals surface area contributed by atoms with E-state index in [-0.39, 0.29) is 6.04 Å². The van der Waals surface area contributed by atoms with Gasteiger partial charge in [-0.2, -0.15) is 11.3 Å². The van der Waals surface area contributed by atoms with E-state index in [1.54, 1.807) is 11.3 Å². The normalized spacial score (nSPS) is 13.0. The second kappa shape index (κ2) is 4.76. The Morgan fingerprint density at radius 3 is 2.89 bits per heavy atom. The topological polar surface area (TPSA) is 25.2 Å². The van der Waals surface area contributed by atoms with Crippen LogP contribution in [0.3, 0.4) is 0 Å². The van der Waals surface area contributed by atoms with E-state index in [4.69, 9.17) is 16.0 Å². The number of nitrogens with one attached hydrogen (secondary N) is 1. The van der Waals surface area contributed by atoms with Crippen molar-refractivity contribution >= 4 is 33.9 Å². The molecule has 0 fully saturated rings. The van der Waals surface area contributed by atoms with E-state index >= 15 is 0 Å². The molecule has 92 valence electrons. The minimum atomic E-state index is 0.0856. The van der Waals surface area contributed by atoms with Gasteiger partial charge in [-0.25, -0.2) is 0 Å². The largest absolute Gasteiger partial charge is 0.459 e. The Morgan fingerprint density at radius 2 is 2.17 bits per heavy atom. The van der Waals surface area contributed by atoms with Gasteiger partial charge in [0.2, 0.25) is 0 Å². The fourth-order valence-corrected chi connectivity index (χ4v) is 2.96. The molecule has 1 unspecified atom stereocenters. The number of furan rings is 1. The number of halogens is 1. The Kier molecular flexibility index (Phi) is 3.12. The fourth-order valence-electron chi connectivity index (χ4n) is 2.09. The zero-order valence-corrected chi connectivity index (χ0v) is 11.4. The van der Waals surface area contributed by atoms with Crippen molar-refractivity contribution in [2.24, 2.45) is 0 Å². The minimum Gasteiger partial charge on any atom is -0.459 e. The van der Waals surface area contributed by atoms with Crippen LogP contribution in [0.25, 0.3) is 11.0 Å². The van der Waals surface area contributed by atoms with Crippen LogP contribution in [0.15, 0.2) is 45.5 Å². The van der Waals surface area contributed by atoms with E-state index in [0.717, 1.165) is 21.8 Å². The van der Waals surface area contributed by atoms with Gasteiger partial charge < -0.3 is 9.73 Å². The number of rotatable bonds is 3. The maximum Gasteiger partial charge on any atom is 0.134 e. The van der Waals surface area contributed by atoms with Gasteiger partial charge in [0.05, 0.1) is 6.04 Å². The minimum absolute atomic E-state index is 0.0856. The van der Waals surface area contributed by atoms with Crippen LogP contribution >= 0.6 is 22.9 Å². The van der Waals surface area contributed by atoms with Gasteiger partial charge in [-0.1, -0.05) is 11.6 Å². The molecule has 1 N–H and O–H groups in total. The number of thiophene rings is 1. The molecule has 2 nitrogen and oxygen atoms in total. The van der Waals surface area contributed by atoms with E-state index in [9.17, 15) is 0 Å².